The van der Waals surface area contributed by atoms with E-state index in [1.807, 2.05) is 6.07 Å². The van der Waals surface area contributed by atoms with Crippen LogP contribution >= 0.6 is 11.6 Å². The van der Waals surface area contributed by atoms with E-state index in [4.69, 9.17) is 11.6 Å². The van der Waals surface area contributed by atoms with E-state index in [0.29, 0.717) is 12.1 Å². The highest BCUT2D eigenvalue weighted by Gasteiger charge is 2.25. The molecule has 1 saturated heterocycles. The summed E-state index contributed by atoms with van der Waals surface area (Å²) < 4.78 is 0. The van der Waals surface area contributed by atoms with Gasteiger partial charge in [0, 0.05) is 48.5 Å². The second kappa shape index (κ2) is 6.55. The van der Waals surface area contributed by atoms with E-state index in [1.54, 1.807) is 0 Å². The van der Waals surface area contributed by atoms with Gasteiger partial charge in [0.1, 0.15) is 0 Å². The van der Waals surface area contributed by atoms with Crippen molar-refractivity contribution in [2.45, 2.75) is 44.3 Å². The fourth-order valence-corrected chi connectivity index (χ4v) is 3.47. The van der Waals surface area contributed by atoms with Gasteiger partial charge in [-0.05, 0) is 51.4 Å². The Kier molecular flexibility index (Phi) is 4.72. The smallest absolute Gasteiger partial charge is 0.0471 e. The molecule has 1 aromatic rings. The lowest BCUT2D eigenvalue weighted by atomic mass is 10.0. The van der Waals surface area contributed by atoms with Crippen molar-refractivity contribution in [1.29, 1.82) is 0 Å². The Morgan fingerprint density at radius 3 is 2.86 bits per heavy atom. The van der Waals surface area contributed by atoms with E-state index in [0.717, 1.165) is 18.1 Å². The van der Waals surface area contributed by atoms with Gasteiger partial charge in [-0.1, -0.05) is 17.7 Å². The number of benzene rings is 1. The first-order valence-corrected chi connectivity index (χ1v) is 8.45. The number of nitrogens with zero attached hydrogens (tertiary/aromatic N) is 2. The van der Waals surface area contributed by atoms with Crippen molar-refractivity contribution in [3.05, 3.63) is 28.8 Å². The van der Waals surface area contributed by atoms with E-state index < -0.39 is 0 Å². The lowest BCUT2D eigenvalue weighted by Gasteiger charge is -2.38. The van der Waals surface area contributed by atoms with Crippen LogP contribution in [0.4, 0.5) is 5.69 Å². The van der Waals surface area contributed by atoms with Crippen LogP contribution in [0.2, 0.25) is 5.02 Å². The first-order valence-electron chi connectivity index (χ1n) is 8.07. The Bertz CT molecular complexity index is 487. The van der Waals surface area contributed by atoms with Crippen molar-refractivity contribution in [2.24, 2.45) is 0 Å². The standard InChI is InChI=1S/C17H26ClN3/c1-20-10-4-5-14(12-20)21(2)17-7-3-6-16(18)15(17)11-19-13-8-9-13/h3,6-7,13-14,19H,4-5,8-12H2,1-2H3. The molecule has 116 valence electrons. The van der Waals surface area contributed by atoms with Crippen LogP contribution < -0.4 is 10.2 Å². The van der Waals surface area contributed by atoms with Gasteiger partial charge in [-0.15, -0.1) is 0 Å². The number of hydrogen-bond donors (Lipinski definition) is 1. The average Bonchev–Trinajstić information content (AvgIpc) is 3.29. The Balaban J connectivity index is 1.77. The minimum Gasteiger partial charge on any atom is -0.370 e. The second-order valence-electron chi connectivity index (χ2n) is 6.56. The van der Waals surface area contributed by atoms with Crippen LogP contribution in [-0.4, -0.2) is 44.2 Å². The van der Waals surface area contributed by atoms with E-state index >= 15 is 0 Å². The molecule has 2 fully saturated rings. The van der Waals surface area contributed by atoms with Gasteiger partial charge in [0.05, 0.1) is 0 Å². The molecule has 21 heavy (non-hydrogen) atoms. The van der Waals surface area contributed by atoms with Crippen LogP contribution in [-0.2, 0) is 6.54 Å². The van der Waals surface area contributed by atoms with Crippen LogP contribution in [0.3, 0.4) is 0 Å². The third-order valence-electron chi connectivity index (χ3n) is 4.77. The van der Waals surface area contributed by atoms with Gasteiger partial charge in [-0.25, -0.2) is 0 Å². The molecule has 1 heterocycles. The van der Waals surface area contributed by atoms with Gasteiger partial charge < -0.3 is 15.1 Å². The van der Waals surface area contributed by atoms with Gasteiger partial charge >= 0.3 is 0 Å². The van der Waals surface area contributed by atoms with Crippen LogP contribution in [0.15, 0.2) is 18.2 Å². The highest BCUT2D eigenvalue weighted by atomic mass is 35.5. The fraction of sp³-hybridized carbons (Fsp3) is 0.647. The van der Waals surface area contributed by atoms with Gasteiger partial charge in [0.15, 0.2) is 0 Å². The predicted molar refractivity (Wildman–Crippen MR) is 90.2 cm³/mol. The summed E-state index contributed by atoms with van der Waals surface area (Å²) in [6.45, 7) is 3.24. The summed E-state index contributed by atoms with van der Waals surface area (Å²) in [5, 5.41) is 4.48. The van der Waals surface area contributed by atoms with E-state index in [2.05, 4.69) is 41.3 Å². The Morgan fingerprint density at radius 2 is 2.14 bits per heavy atom. The fourth-order valence-electron chi connectivity index (χ4n) is 3.24. The maximum absolute atomic E-state index is 6.47. The zero-order valence-electron chi connectivity index (χ0n) is 13.1. The maximum atomic E-state index is 6.47. The maximum Gasteiger partial charge on any atom is 0.0471 e. The molecule has 0 bridgehead atoms. The highest BCUT2D eigenvalue weighted by molar-refractivity contribution is 6.31. The molecule has 2 aliphatic rings. The molecule has 3 nitrogen and oxygen atoms in total. The van der Waals surface area contributed by atoms with Crippen molar-refractivity contribution < 1.29 is 0 Å². The molecule has 1 atom stereocenters. The highest BCUT2D eigenvalue weighted by Crippen LogP contribution is 2.31. The number of hydrogen-bond acceptors (Lipinski definition) is 3. The summed E-state index contributed by atoms with van der Waals surface area (Å²) in [4.78, 5) is 4.86. The van der Waals surface area contributed by atoms with Crippen LogP contribution in [0.5, 0.6) is 0 Å². The Hall–Kier alpha value is -0.770. The Morgan fingerprint density at radius 1 is 1.33 bits per heavy atom. The summed E-state index contributed by atoms with van der Waals surface area (Å²) in [5.41, 5.74) is 2.54. The summed E-state index contributed by atoms with van der Waals surface area (Å²) in [5.74, 6) is 0. The molecule has 1 N–H and O–H groups in total. The van der Waals surface area contributed by atoms with Crippen LogP contribution in [0, 0.1) is 0 Å². The average molecular weight is 308 g/mol. The van der Waals surface area contributed by atoms with Crippen molar-refractivity contribution in [2.75, 3.05) is 32.1 Å². The quantitative estimate of drug-likeness (QED) is 0.901. The monoisotopic (exact) mass is 307 g/mol. The summed E-state index contributed by atoms with van der Waals surface area (Å²) in [6, 6.07) is 7.59. The Labute approximate surface area is 133 Å². The molecule has 0 aromatic heterocycles. The summed E-state index contributed by atoms with van der Waals surface area (Å²) in [6.07, 6.45) is 5.16. The second-order valence-corrected chi connectivity index (χ2v) is 6.97. The van der Waals surface area contributed by atoms with Gasteiger partial charge in [-0.3, -0.25) is 0 Å². The molecule has 1 saturated carbocycles. The van der Waals surface area contributed by atoms with Gasteiger partial charge in [0.25, 0.3) is 0 Å². The van der Waals surface area contributed by atoms with Crippen LogP contribution in [0.25, 0.3) is 0 Å². The zero-order chi connectivity index (χ0) is 14.8. The number of anilines is 1. The number of halogens is 1. The van der Waals surface area contributed by atoms with Crippen LogP contribution in [0.1, 0.15) is 31.2 Å². The van der Waals surface area contributed by atoms with Crippen molar-refractivity contribution >= 4 is 17.3 Å². The molecule has 1 aliphatic carbocycles. The third kappa shape index (κ3) is 3.71. The predicted octanol–water partition coefficient (Wildman–Crippen LogP) is 3.12. The van der Waals surface area contributed by atoms with Crippen molar-refractivity contribution in [3.63, 3.8) is 0 Å². The van der Waals surface area contributed by atoms with Gasteiger partial charge in [-0.2, -0.15) is 0 Å². The molecule has 1 aliphatic heterocycles. The normalized spacial score (nSPS) is 23.3. The molecule has 3 rings (SSSR count). The first-order chi connectivity index (χ1) is 10.1. The van der Waals surface area contributed by atoms with E-state index in [9.17, 15) is 0 Å². The molecule has 1 unspecified atom stereocenters. The SMILES string of the molecule is CN1CCCC(N(C)c2cccc(Cl)c2CNC2CC2)C1. The van der Waals surface area contributed by atoms with Crippen molar-refractivity contribution in [3.8, 4) is 0 Å². The minimum atomic E-state index is 0.585. The molecule has 0 amide bonds. The van der Waals surface area contributed by atoms with E-state index in [-0.39, 0.29) is 0 Å². The third-order valence-corrected chi connectivity index (χ3v) is 5.12. The number of rotatable bonds is 5. The summed E-state index contributed by atoms with van der Waals surface area (Å²) in [7, 11) is 4.43. The first kappa shape index (κ1) is 15.1. The van der Waals surface area contributed by atoms with E-state index in [1.165, 1.54) is 43.5 Å². The van der Waals surface area contributed by atoms with Gasteiger partial charge in [0.2, 0.25) is 0 Å². The molecule has 4 heteroatoms. The lowest BCUT2D eigenvalue weighted by molar-refractivity contribution is 0.248. The lowest BCUT2D eigenvalue weighted by Crippen LogP contribution is -2.45. The zero-order valence-corrected chi connectivity index (χ0v) is 13.9. The molecular weight excluding hydrogens is 282 g/mol. The number of likely N-dealkylation sites (N-methyl/N-ethyl adjacent to an activating group) is 2. The van der Waals surface area contributed by atoms with Crippen molar-refractivity contribution in [1.82, 2.24) is 10.2 Å². The largest absolute Gasteiger partial charge is 0.370 e. The molecule has 0 spiro atoms. The topological polar surface area (TPSA) is 18.5 Å². The number of piperidine rings is 1. The number of nitrogens with one attached hydrogen (secondary N) is 1. The summed E-state index contributed by atoms with van der Waals surface area (Å²) >= 11 is 6.47. The molecule has 1 aromatic carbocycles. The number of likely N-dealkylation sites (tertiary alicyclic amines) is 1. The minimum absolute atomic E-state index is 0.585. The molecule has 0 radical (unpaired) electrons. The molecular formula is C17H26ClN3.